The fourth-order valence-corrected chi connectivity index (χ4v) is 2.24. The molecule has 2 rings (SSSR count). The number of nitrogens with one attached hydrogen (secondary N) is 1. The maximum Gasteiger partial charge on any atom is 0.255 e. The minimum atomic E-state index is -0.468. The molecule has 4 nitrogen and oxygen atoms in total. The van der Waals surface area contributed by atoms with Crippen molar-refractivity contribution in [2.45, 2.75) is 13.0 Å². The van der Waals surface area contributed by atoms with Crippen LogP contribution in [0.2, 0.25) is 0 Å². The summed E-state index contributed by atoms with van der Waals surface area (Å²) in [4.78, 5) is 12.4. The van der Waals surface area contributed by atoms with E-state index in [0.29, 0.717) is 22.6 Å². The molecule has 2 aromatic carbocycles. The van der Waals surface area contributed by atoms with Gasteiger partial charge < -0.3 is 14.8 Å². The number of rotatable bonds is 5. The van der Waals surface area contributed by atoms with Gasteiger partial charge in [0.25, 0.3) is 5.91 Å². The Morgan fingerprint density at radius 2 is 1.82 bits per heavy atom. The Morgan fingerprint density at radius 1 is 1.09 bits per heavy atom. The number of benzene rings is 2. The SMILES string of the molecule is COc1cccc(C(=O)NC(C)c2ccccc2F)c1OC. The fourth-order valence-electron chi connectivity index (χ4n) is 2.24. The average Bonchev–Trinajstić information content (AvgIpc) is 2.54. The van der Waals surface area contributed by atoms with E-state index in [-0.39, 0.29) is 11.7 Å². The molecule has 0 saturated heterocycles. The van der Waals surface area contributed by atoms with Gasteiger partial charge in [0, 0.05) is 5.56 Å². The van der Waals surface area contributed by atoms with Crippen LogP contribution < -0.4 is 14.8 Å². The molecule has 5 heteroatoms. The Hall–Kier alpha value is -2.56. The van der Waals surface area contributed by atoms with Gasteiger partial charge in [-0.1, -0.05) is 24.3 Å². The second kappa shape index (κ2) is 6.93. The van der Waals surface area contributed by atoms with Gasteiger partial charge in [-0.05, 0) is 25.1 Å². The topological polar surface area (TPSA) is 47.6 Å². The predicted molar refractivity (Wildman–Crippen MR) is 81.8 cm³/mol. The Labute approximate surface area is 128 Å². The number of halogens is 1. The Bertz CT molecular complexity index is 673. The largest absolute Gasteiger partial charge is 0.493 e. The van der Waals surface area contributed by atoms with E-state index in [2.05, 4.69) is 5.32 Å². The van der Waals surface area contributed by atoms with Gasteiger partial charge in [-0.2, -0.15) is 0 Å². The molecule has 0 bridgehead atoms. The molecule has 0 aromatic heterocycles. The molecular formula is C17H18FNO3. The maximum absolute atomic E-state index is 13.8. The number of amides is 1. The van der Waals surface area contributed by atoms with E-state index in [1.807, 2.05) is 0 Å². The zero-order valence-electron chi connectivity index (χ0n) is 12.7. The first-order valence-corrected chi connectivity index (χ1v) is 6.84. The highest BCUT2D eigenvalue weighted by molar-refractivity contribution is 5.98. The van der Waals surface area contributed by atoms with Gasteiger partial charge in [0.15, 0.2) is 11.5 Å². The zero-order chi connectivity index (χ0) is 16.1. The molecule has 2 aromatic rings. The van der Waals surface area contributed by atoms with Crippen LogP contribution in [0.4, 0.5) is 4.39 Å². The number of methoxy groups -OCH3 is 2. The molecular weight excluding hydrogens is 285 g/mol. The maximum atomic E-state index is 13.8. The van der Waals surface area contributed by atoms with Crippen LogP contribution in [0.5, 0.6) is 11.5 Å². The van der Waals surface area contributed by atoms with Crippen molar-refractivity contribution in [3.05, 3.63) is 59.4 Å². The molecule has 0 aliphatic rings. The summed E-state index contributed by atoms with van der Waals surface area (Å²) in [7, 11) is 2.97. The van der Waals surface area contributed by atoms with Crippen molar-refractivity contribution in [3.8, 4) is 11.5 Å². The fraction of sp³-hybridized carbons (Fsp3) is 0.235. The molecule has 0 spiro atoms. The third-order valence-electron chi connectivity index (χ3n) is 3.37. The van der Waals surface area contributed by atoms with E-state index in [9.17, 15) is 9.18 Å². The van der Waals surface area contributed by atoms with Crippen LogP contribution in [-0.4, -0.2) is 20.1 Å². The summed E-state index contributed by atoms with van der Waals surface area (Å²) in [6.07, 6.45) is 0. The molecule has 0 saturated carbocycles. The smallest absolute Gasteiger partial charge is 0.255 e. The van der Waals surface area contributed by atoms with Crippen molar-refractivity contribution < 1.29 is 18.7 Å². The first-order valence-electron chi connectivity index (χ1n) is 6.84. The van der Waals surface area contributed by atoms with Crippen molar-refractivity contribution in [3.63, 3.8) is 0 Å². The van der Waals surface area contributed by atoms with Crippen molar-refractivity contribution in [2.24, 2.45) is 0 Å². The average molecular weight is 303 g/mol. The van der Waals surface area contributed by atoms with Gasteiger partial charge in [-0.3, -0.25) is 4.79 Å². The molecule has 1 atom stereocenters. The molecule has 1 unspecified atom stereocenters. The highest BCUT2D eigenvalue weighted by Crippen LogP contribution is 2.31. The summed E-state index contributed by atoms with van der Waals surface area (Å²) >= 11 is 0. The van der Waals surface area contributed by atoms with Crippen LogP contribution in [-0.2, 0) is 0 Å². The molecule has 0 aliphatic carbocycles. The lowest BCUT2D eigenvalue weighted by atomic mass is 10.1. The van der Waals surface area contributed by atoms with Crippen molar-refractivity contribution in [1.29, 1.82) is 0 Å². The van der Waals surface area contributed by atoms with Gasteiger partial charge in [0.1, 0.15) is 5.82 Å². The summed E-state index contributed by atoms with van der Waals surface area (Å²) in [5.74, 6) is 0.108. The first-order chi connectivity index (χ1) is 10.6. The van der Waals surface area contributed by atoms with Gasteiger partial charge in [0.2, 0.25) is 0 Å². The summed E-state index contributed by atoms with van der Waals surface area (Å²) in [5.41, 5.74) is 0.766. The van der Waals surface area contributed by atoms with Crippen LogP contribution in [0.3, 0.4) is 0 Å². The standard InChI is InChI=1S/C17H18FNO3/c1-11(12-7-4-5-9-14(12)18)19-17(20)13-8-6-10-15(21-2)16(13)22-3/h4-11H,1-3H3,(H,19,20). The van der Waals surface area contributed by atoms with Crippen LogP contribution in [0.1, 0.15) is 28.9 Å². The van der Waals surface area contributed by atoms with Crippen LogP contribution in [0.25, 0.3) is 0 Å². The van der Waals surface area contributed by atoms with E-state index < -0.39 is 6.04 Å². The van der Waals surface area contributed by atoms with E-state index in [0.717, 1.165) is 0 Å². The summed E-state index contributed by atoms with van der Waals surface area (Å²) in [6.45, 7) is 1.73. The molecule has 1 N–H and O–H groups in total. The number of hydrogen-bond donors (Lipinski definition) is 1. The van der Waals surface area contributed by atoms with E-state index in [4.69, 9.17) is 9.47 Å². The Morgan fingerprint density at radius 3 is 2.45 bits per heavy atom. The number of hydrogen-bond acceptors (Lipinski definition) is 3. The minimum absolute atomic E-state index is 0.338. The van der Waals surface area contributed by atoms with Crippen molar-refractivity contribution in [1.82, 2.24) is 5.32 Å². The van der Waals surface area contributed by atoms with E-state index >= 15 is 0 Å². The lowest BCUT2D eigenvalue weighted by Crippen LogP contribution is -2.27. The lowest BCUT2D eigenvalue weighted by molar-refractivity contribution is 0.0935. The molecule has 116 valence electrons. The quantitative estimate of drug-likeness (QED) is 0.921. The van der Waals surface area contributed by atoms with E-state index in [1.165, 1.54) is 20.3 Å². The summed E-state index contributed by atoms with van der Waals surface area (Å²) < 4.78 is 24.2. The van der Waals surface area contributed by atoms with Crippen LogP contribution in [0, 0.1) is 5.82 Å². The molecule has 0 fully saturated rings. The Balaban J connectivity index is 2.25. The minimum Gasteiger partial charge on any atom is -0.493 e. The molecule has 0 heterocycles. The highest BCUT2D eigenvalue weighted by Gasteiger charge is 2.19. The molecule has 1 amide bonds. The molecule has 0 radical (unpaired) electrons. The number of ether oxygens (including phenoxy) is 2. The van der Waals surface area contributed by atoms with Crippen molar-refractivity contribution in [2.75, 3.05) is 14.2 Å². The lowest BCUT2D eigenvalue weighted by Gasteiger charge is -2.17. The molecule has 0 aliphatic heterocycles. The first kappa shape index (κ1) is 15.8. The highest BCUT2D eigenvalue weighted by atomic mass is 19.1. The number of carbonyl (C=O) groups is 1. The van der Waals surface area contributed by atoms with Gasteiger partial charge in [-0.15, -0.1) is 0 Å². The Kier molecular flexibility index (Phi) is 4.99. The van der Waals surface area contributed by atoms with Crippen LogP contribution >= 0.6 is 0 Å². The normalized spacial score (nSPS) is 11.6. The van der Waals surface area contributed by atoms with Gasteiger partial charge in [0.05, 0.1) is 25.8 Å². The third-order valence-corrected chi connectivity index (χ3v) is 3.37. The number of carbonyl (C=O) groups excluding carboxylic acids is 1. The van der Waals surface area contributed by atoms with Crippen LogP contribution in [0.15, 0.2) is 42.5 Å². The third kappa shape index (κ3) is 3.19. The van der Waals surface area contributed by atoms with Crippen molar-refractivity contribution >= 4 is 5.91 Å². The summed E-state index contributed by atoms with van der Waals surface area (Å²) in [6, 6.07) is 10.9. The van der Waals surface area contributed by atoms with Gasteiger partial charge >= 0.3 is 0 Å². The molecule has 22 heavy (non-hydrogen) atoms. The second-order valence-corrected chi connectivity index (χ2v) is 4.76. The van der Waals surface area contributed by atoms with E-state index in [1.54, 1.807) is 43.3 Å². The van der Waals surface area contributed by atoms with Gasteiger partial charge in [-0.25, -0.2) is 4.39 Å². The monoisotopic (exact) mass is 303 g/mol. The predicted octanol–water partition coefficient (Wildman–Crippen LogP) is 3.33. The summed E-state index contributed by atoms with van der Waals surface area (Å²) in [5, 5.41) is 2.76. The second-order valence-electron chi connectivity index (χ2n) is 4.76. The zero-order valence-corrected chi connectivity index (χ0v) is 12.7. The number of para-hydroxylation sites is 1.